The van der Waals surface area contributed by atoms with E-state index in [0.717, 1.165) is 0 Å². The third-order valence-corrected chi connectivity index (χ3v) is 0.855. The Hall–Kier alpha value is -1.04. The standard InChI is InChI=1S/C5H9N3/c1-5(6)8(3)4-7-2/h6H,4H2,1,3H3. The van der Waals surface area contributed by atoms with Crippen LogP contribution in [0.1, 0.15) is 6.92 Å². The van der Waals surface area contributed by atoms with Gasteiger partial charge in [-0.15, -0.1) is 0 Å². The Bertz CT molecular complexity index is 122. The minimum absolute atomic E-state index is 0.287. The lowest BCUT2D eigenvalue weighted by atomic mass is 10.6. The van der Waals surface area contributed by atoms with Crippen LogP contribution >= 0.6 is 0 Å². The Labute approximate surface area is 49.2 Å². The molecular weight excluding hydrogens is 102 g/mol. The normalized spacial score (nSPS) is 7.62. The summed E-state index contributed by atoms with van der Waals surface area (Å²) in [5.74, 6) is 0.431. The molecule has 0 heterocycles. The lowest BCUT2D eigenvalue weighted by molar-refractivity contribution is 0.554. The highest BCUT2D eigenvalue weighted by molar-refractivity contribution is 5.75. The van der Waals surface area contributed by atoms with Crippen molar-refractivity contribution in [3.8, 4) is 0 Å². The summed E-state index contributed by atoms with van der Waals surface area (Å²) in [6, 6.07) is 0. The zero-order valence-electron chi connectivity index (χ0n) is 5.10. The Morgan fingerprint density at radius 2 is 2.38 bits per heavy atom. The van der Waals surface area contributed by atoms with Crippen LogP contribution in [0.15, 0.2) is 0 Å². The molecule has 44 valence electrons. The zero-order valence-corrected chi connectivity index (χ0v) is 5.10. The van der Waals surface area contributed by atoms with E-state index in [9.17, 15) is 0 Å². The Morgan fingerprint density at radius 3 is 2.50 bits per heavy atom. The summed E-state index contributed by atoms with van der Waals surface area (Å²) in [6.07, 6.45) is 0. The molecule has 0 aromatic carbocycles. The molecule has 0 saturated carbocycles. The first-order valence-corrected chi connectivity index (χ1v) is 2.28. The number of hydrogen-bond acceptors (Lipinski definition) is 1. The molecule has 0 saturated heterocycles. The molecule has 0 aliphatic heterocycles. The van der Waals surface area contributed by atoms with Crippen molar-refractivity contribution >= 4 is 5.84 Å². The van der Waals surface area contributed by atoms with Gasteiger partial charge in [-0.05, 0) is 6.92 Å². The van der Waals surface area contributed by atoms with E-state index in [1.165, 1.54) is 0 Å². The predicted octanol–water partition coefficient (Wildman–Crippen LogP) is 0.792. The van der Waals surface area contributed by atoms with Crippen molar-refractivity contribution in [3.05, 3.63) is 11.4 Å². The van der Waals surface area contributed by atoms with Crippen molar-refractivity contribution in [2.24, 2.45) is 0 Å². The second kappa shape index (κ2) is 3.03. The molecule has 0 aliphatic rings. The van der Waals surface area contributed by atoms with Crippen molar-refractivity contribution in [1.82, 2.24) is 4.90 Å². The molecule has 0 aromatic rings. The number of amidine groups is 1. The van der Waals surface area contributed by atoms with Gasteiger partial charge in [0, 0.05) is 7.05 Å². The van der Waals surface area contributed by atoms with Crippen molar-refractivity contribution in [3.63, 3.8) is 0 Å². The van der Waals surface area contributed by atoms with Gasteiger partial charge in [0.1, 0.15) is 0 Å². The van der Waals surface area contributed by atoms with Gasteiger partial charge in [0.25, 0.3) is 6.67 Å². The van der Waals surface area contributed by atoms with Gasteiger partial charge < -0.3 is 0 Å². The molecule has 3 heteroatoms. The minimum atomic E-state index is 0.287. The van der Waals surface area contributed by atoms with Crippen LogP contribution in [0.4, 0.5) is 0 Å². The maximum atomic E-state index is 6.99. The smallest absolute Gasteiger partial charge is 0.290 e. The molecule has 0 aromatic heterocycles. The average molecular weight is 111 g/mol. The molecule has 8 heavy (non-hydrogen) atoms. The first kappa shape index (κ1) is 6.96. The van der Waals surface area contributed by atoms with Gasteiger partial charge in [0.2, 0.25) is 0 Å². The number of nitrogens with one attached hydrogen (secondary N) is 1. The van der Waals surface area contributed by atoms with Crippen molar-refractivity contribution in [1.29, 1.82) is 5.41 Å². The van der Waals surface area contributed by atoms with Crippen molar-refractivity contribution in [2.45, 2.75) is 6.92 Å². The van der Waals surface area contributed by atoms with E-state index in [4.69, 9.17) is 12.0 Å². The summed E-state index contributed by atoms with van der Waals surface area (Å²) in [7, 11) is 1.72. The van der Waals surface area contributed by atoms with Gasteiger partial charge in [0.05, 0.1) is 5.84 Å². The fraction of sp³-hybridized carbons (Fsp3) is 0.600. The van der Waals surface area contributed by atoms with Gasteiger partial charge >= 0.3 is 0 Å². The van der Waals surface area contributed by atoms with Crippen LogP contribution in [0, 0.1) is 12.0 Å². The predicted molar refractivity (Wildman–Crippen MR) is 32.6 cm³/mol. The molecule has 0 radical (unpaired) electrons. The second-order valence-corrected chi connectivity index (χ2v) is 1.58. The number of rotatable bonds is 1. The quantitative estimate of drug-likeness (QED) is 0.303. The van der Waals surface area contributed by atoms with Gasteiger partial charge in [0.15, 0.2) is 0 Å². The number of hydrogen-bond donors (Lipinski definition) is 1. The van der Waals surface area contributed by atoms with E-state index in [1.807, 2.05) is 0 Å². The van der Waals surface area contributed by atoms with Crippen LogP contribution in [-0.4, -0.2) is 24.5 Å². The monoisotopic (exact) mass is 111 g/mol. The Balaban J connectivity index is 3.52. The Kier molecular flexibility index (Phi) is 2.63. The maximum Gasteiger partial charge on any atom is 0.290 e. The van der Waals surface area contributed by atoms with Crippen LogP contribution in [-0.2, 0) is 0 Å². The van der Waals surface area contributed by atoms with E-state index >= 15 is 0 Å². The lowest BCUT2D eigenvalue weighted by Crippen LogP contribution is -2.22. The van der Waals surface area contributed by atoms with E-state index in [2.05, 4.69) is 4.85 Å². The molecule has 0 fully saturated rings. The Morgan fingerprint density at radius 1 is 1.88 bits per heavy atom. The highest BCUT2D eigenvalue weighted by atomic mass is 15.2. The molecule has 3 nitrogen and oxygen atoms in total. The van der Waals surface area contributed by atoms with Crippen LogP contribution < -0.4 is 0 Å². The van der Waals surface area contributed by atoms with E-state index in [-0.39, 0.29) is 6.67 Å². The number of nitrogens with zero attached hydrogens (tertiary/aromatic N) is 2. The van der Waals surface area contributed by atoms with Crippen LogP contribution in [0.25, 0.3) is 4.85 Å². The molecular formula is C5H9N3. The molecule has 0 rings (SSSR count). The van der Waals surface area contributed by atoms with E-state index in [0.29, 0.717) is 5.84 Å². The summed E-state index contributed by atoms with van der Waals surface area (Å²) in [4.78, 5) is 4.67. The first-order valence-electron chi connectivity index (χ1n) is 2.28. The fourth-order valence-electron chi connectivity index (χ4n) is 0.212. The van der Waals surface area contributed by atoms with Gasteiger partial charge in [-0.2, -0.15) is 0 Å². The van der Waals surface area contributed by atoms with Gasteiger partial charge in [-0.25, -0.2) is 6.57 Å². The van der Waals surface area contributed by atoms with Crippen LogP contribution in [0.3, 0.4) is 0 Å². The average Bonchev–Trinajstić information content (AvgIpc) is 1.67. The maximum absolute atomic E-state index is 6.99. The third-order valence-electron chi connectivity index (χ3n) is 0.855. The molecule has 0 bridgehead atoms. The molecule has 1 N–H and O–H groups in total. The third kappa shape index (κ3) is 2.19. The summed E-state index contributed by atoms with van der Waals surface area (Å²) in [6.45, 7) is 8.36. The van der Waals surface area contributed by atoms with Crippen molar-refractivity contribution in [2.75, 3.05) is 13.7 Å². The highest BCUT2D eigenvalue weighted by Crippen LogP contribution is 1.81. The van der Waals surface area contributed by atoms with Crippen LogP contribution in [0.2, 0.25) is 0 Å². The summed E-state index contributed by atoms with van der Waals surface area (Å²) < 4.78 is 0. The lowest BCUT2D eigenvalue weighted by Gasteiger charge is -2.07. The van der Waals surface area contributed by atoms with Gasteiger partial charge in [-0.1, -0.05) is 0 Å². The highest BCUT2D eigenvalue weighted by Gasteiger charge is 1.96. The van der Waals surface area contributed by atoms with E-state index in [1.54, 1.807) is 18.9 Å². The zero-order chi connectivity index (χ0) is 6.57. The van der Waals surface area contributed by atoms with Gasteiger partial charge in [-0.3, -0.25) is 15.2 Å². The summed E-state index contributed by atoms with van der Waals surface area (Å²) in [5.41, 5.74) is 0. The first-order chi connectivity index (χ1) is 3.68. The fourth-order valence-corrected chi connectivity index (χ4v) is 0.212. The van der Waals surface area contributed by atoms with E-state index < -0.39 is 0 Å². The molecule has 0 spiro atoms. The largest absolute Gasteiger partial charge is 0.297 e. The summed E-state index contributed by atoms with van der Waals surface area (Å²) in [5, 5.41) is 6.99. The SMILES string of the molecule is [C-]#[N+]CN(C)C(C)=N. The molecule has 0 unspecified atom stereocenters. The second-order valence-electron chi connectivity index (χ2n) is 1.58. The topological polar surface area (TPSA) is 31.5 Å². The van der Waals surface area contributed by atoms with Crippen LogP contribution in [0.5, 0.6) is 0 Å². The molecule has 0 amide bonds. The minimum Gasteiger partial charge on any atom is -0.297 e. The summed E-state index contributed by atoms with van der Waals surface area (Å²) >= 11 is 0. The van der Waals surface area contributed by atoms with Crippen molar-refractivity contribution < 1.29 is 0 Å². The molecule has 0 aliphatic carbocycles. The molecule has 0 atom stereocenters.